The highest BCUT2D eigenvalue weighted by Gasteiger charge is 2.05. The lowest BCUT2D eigenvalue weighted by atomic mass is 10.2. The molecule has 0 aliphatic rings. The molecule has 0 spiro atoms. The van der Waals surface area contributed by atoms with Gasteiger partial charge < -0.3 is 5.32 Å². The molecule has 1 N–H and O–H groups in total. The first-order chi connectivity index (χ1) is 7.81. The molecule has 0 aliphatic carbocycles. The fourth-order valence-corrected chi connectivity index (χ4v) is 1.72. The average Bonchev–Trinajstić information content (AvgIpc) is 2.33. The summed E-state index contributed by atoms with van der Waals surface area (Å²) < 4.78 is 0.883. The van der Waals surface area contributed by atoms with Gasteiger partial charge in [-0.1, -0.05) is 30.3 Å². The van der Waals surface area contributed by atoms with E-state index < -0.39 is 0 Å². The minimum Gasteiger partial charge on any atom is -0.369 e. The molecule has 0 amide bonds. The third-order valence-electron chi connectivity index (χ3n) is 2.12. The molecular formula is C12H12BrN3. The third kappa shape index (κ3) is 2.39. The van der Waals surface area contributed by atoms with Crippen LogP contribution in [0, 0.1) is 0 Å². The van der Waals surface area contributed by atoms with Gasteiger partial charge in [-0.3, -0.25) is 0 Å². The van der Waals surface area contributed by atoms with Crippen molar-refractivity contribution in [3.05, 3.63) is 41.0 Å². The monoisotopic (exact) mass is 277 g/mol. The highest BCUT2D eigenvalue weighted by Crippen LogP contribution is 2.22. The van der Waals surface area contributed by atoms with Crippen LogP contribution in [0.3, 0.4) is 0 Å². The van der Waals surface area contributed by atoms with Crippen LogP contribution in [0.5, 0.6) is 0 Å². The van der Waals surface area contributed by atoms with Crippen molar-refractivity contribution in [2.24, 2.45) is 0 Å². The molecule has 16 heavy (non-hydrogen) atoms. The topological polar surface area (TPSA) is 37.8 Å². The number of halogens is 1. The molecule has 1 aromatic carbocycles. The molecule has 4 heteroatoms. The Bertz CT molecular complexity index is 471. The maximum atomic E-state index is 4.46. The Kier molecular flexibility index (Phi) is 3.51. The lowest BCUT2D eigenvalue weighted by molar-refractivity contribution is 1.10. The number of rotatable bonds is 3. The summed E-state index contributed by atoms with van der Waals surface area (Å²) in [6.07, 6.45) is 1.77. The van der Waals surface area contributed by atoms with Crippen LogP contribution in [0.15, 0.2) is 41.0 Å². The molecule has 1 aromatic heterocycles. The van der Waals surface area contributed by atoms with Gasteiger partial charge >= 0.3 is 0 Å². The largest absolute Gasteiger partial charge is 0.369 e. The van der Waals surface area contributed by atoms with Gasteiger partial charge in [-0.05, 0) is 22.9 Å². The number of benzene rings is 1. The summed E-state index contributed by atoms with van der Waals surface area (Å²) in [5, 5.41) is 3.19. The number of aromatic nitrogens is 2. The number of anilines is 1. The maximum Gasteiger partial charge on any atom is 0.161 e. The van der Waals surface area contributed by atoms with Gasteiger partial charge in [-0.2, -0.15) is 0 Å². The molecule has 1 heterocycles. The molecule has 82 valence electrons. The van der Waals surface area contributed by atoms with E-state index in [1.807, 2.05) is 37.3 Å². The molecule has 0 unspecified atom stereocenters. The highest BCUT2D eigenvalue weighted by molar-refractivity contribution is 9.10. The first-order valence-corrected chi connectivity index (χ1v) is 5.92. The van der Waals surface area contributed by atoms with E-state index in [0.29, 0.717) is 0 Å². The van der Waals surface area contributed by atoms with Crippen LogP contribution in [-0.4, -0.2) is 16.5 Å². The molecule has 0 atom stereocenters. The van der Waals surface area contributed by atoms with Crippen LogP contribution in [0.1, 0.15) is 6.92 Å². The van der Waals surface area contributed by atoms with Crippen molar-refractivity contribution in [1.82, 2.24) is 9.97 Å². The third-order valence-corrected chi connectivity index (χ3v) is 2.70. The molecule has 0 saturated heterocycles. The fourth-order valence-electron chi connectivity index (χ4n) is 1.38. The van der Waals surface area contributed by atoms with Gasteiger partial charge in [0.05, 0.1) is 4.47 Å². The Hall–Kier alpha value is -1.42. The Labute approximate surface area is 103 Å². The zero-order valence-electron chi connectivity index (χ0n) is 8.94. The Morgan fingerprint density at radius 1 is 1.25 bits per heavy atom. The van der Waals surface area contributed by atoms with Crippen LogP contribution in [0.4, 0.5) is 5.82 Å². The van der Waals surface area contributed by atoms with Crippen molar-refractivity contribution in [2.45, 2.75) is 6.92 Å². The number of nitrogens with one attached hydrogen (secondary N) is 1. The second-order valence-corrected chi connectivity index (χ2v) is 4.14. The first-order valence-electron chi connectivity index (χ1n) is 5.13. The second-order valence-electron chi connectivity index (χ2n) is 3.29. The Morgan fingerprint density at radius 3 is 2.69 bits per heavy atom. The molecular weight excluding hydrogens is 266 g/mol. The lowest BCUT2D eigenvalue weighted by Gasteiger charge is -2.06. The second kappa shape index (κ2) is 5.07. The van der Waals surface area contributed by atoms with Crippen LogP contribution in [0.25, 0.3) is 11.4 Å². The van der Waals surface area contributed by atoms with Crippen LogP contribution in [-0.2, 0) is 0 Å². The van der Waals surface area contributed by atoms with Gasteiger partial charge in [0.1, 0.15) is 5.82 Å². The predicted octanol–water partition coefficient (Wildman–Crippen LogP) is 3.34. The number of hydrogen-bond acceptors (Lipinski definition) is 3. The van der Waals surface area contributed by atoms with Gasteiger partial charge in [0.15, 0.2) is 5.82 Å². The molecule has 2 rings (SSSR count). The summed E-state index contributed by atoms with van der Waals surface area (Å²) in [6, 6.07) is 9.94. The maximum absolute atomic E-state index is 4.46. The molecule has 0 aliphatic heterocycles. The molecule has 3 nitrogen and oxygen atoms in total. The van der Waals surface area contributed by atoms with Crippen molar-refractivity contribution in [3.63, 3.8) is 0 Å². The summed E-state index contributed by atoms with van der Waals surface area (Å²) in [4.78, 5) is 8.76. The van der Waals surface area contributed by atoms with E-state index in [4.69, 9.17) is 0 Å². The molecule has 0 fully saturated rings. The summed E-state index contributed by atoms with van der Waals surface area (Å²) in [7, 11) is 0. The van der Waals surface area contributed by atoms with Gasteiger partial charge in [-0.15, -0.1) is 0 Å². The Balaban J connectivity index is 2.40. The smallest absolute Gasteiger partial charge is 0.161 e. The van der Waals surface area contributed by atoms with Gasteiger partial charge in [-0.25, -0.2) is 9.97 Å². The highest BCUT2D eigenvalue weighted by atomic mass is 79.9. The first kappa shape index (κ1) is 11.1. The minimum absolute atomic E-state index is 0.736. The van der Waals surface area contributed by atoms with Crippen molar-refractivity contribution >= 4 is 21.7 Å². The van der Waals surface area contributed by atoms with E-state index in [2.05, 4.69) is 31.2 Å². The zero-order valence-corrected chi connectivity index (χ0v) is 10.5. The van der Waals surface area contributed by atoms with Crippen LogP contribution < -0.4 is 5.32 Å². The van der Waals surface area contributed by atoms with Crippen molar-refractivity contribution < 1.29 is 0 Å². The normalized spacial score (nSPS) is 10.1. The van der Waals surface area contributed by atoms with Gasteiger partial charge in [0.25, 0.3) is 0 Å². The lowest BCUT2D eigenvalue weighted by Crippen LogP contribution is -2.02. The van der Waals surface area contributed by atoms with E-state index >= 15 is 0 Å². The van der Waals surface area contributed by atoms with Crippen LogP contribution in [0.2, 0.25) is 0 Å². The summed E-state index contributed by atoms with van der Waals surface area (Å²) in [5.41, 5.74) is 1.02. The molecule has 0 radical (unpaired) electrons. The van der Waals surface area contributed by atoms with E-state index in [9.17, 15) is 0 Å². The minimum atomic E-state index is 0.736. The predicted molar refractivity (Wildman–Crippen MR) is 69.3 cm³/mol. The standard InChI is InChI=1S/C12H12BrN3/c1-2-14-12-10(13)8-15-11(16-12)9-6-4-3-5-7-9/h3-8H,2H2,1H3,(H,14,15,16). The SMILES string of the molecule is CCNc1nc(-c2ccccc2)ncc1Br. The Morgan fingerprint density at radius 2 is 2.00 bits per heavy atom. The van der Waals surface area contributed by atoms with E-state index in [-0.39, 0.29) is 0 Å². The summed E-state index contributed by atoms with van der Waals surface area (Å²) in [6.45, 7) is 2.88. The van der Waals surface area contributed by atoms with Gasteiger partial charge in [0, 0.05) is 18.3 Å². The van der Waals surface area contributed by atoms with E-state index in [1.54, 1.807) is 6.20 Å². The summed E-state index contributed by atoms with van der Waals surface area (Å²) in [5.74, 6) is 1.57. The number of hydrogen-bond donors (Lipinski definition) is 1. The van der Waals surface area contributed by atoms with Gasteiger partial charge in [0.2, 0.25) is 0 Å². The summed E-state index contributed by atoms with van der Waals surface area (Å²) >= 11 is 3.42. The molecule has 0 bridgehead atoms. The zero-order chi connectivity index (χ0) is 11.4. The average molecular weight is 278 g/mol. The van der Waals surface area contributed by atoms with Crippen molar-refractivity contribution in [3.8, 4) is 11.4 Å². The van der Waals surface area contributed by atoms with E-state index in [1.165, 1.54) is 0 Å². The van der Waals surface area contributed by atoms with E-state index in [0.717, 1.165) is 28.2 Å². The quantitative estimate of drug-likeness (QED) is 0.935. The molecule has 2 aromatic rings. The molecule has 0 saturated carbocycles. The van der Waals surface area contributed by atoms with Crippen molar-refractivity contribution in [1.29, 1.82) is 0 Å². The number of nitrogens with zero attached hydrogens (tertiary/aromatic N) is 2. The fraction of sp³-hybridized carbons (Fsp3) is 0.167. The van der Waals surface area contributed by atoms with Crippen molar-refractivity contribution in [2.75, 3.05) is 11.9 Å². The van der Waals surface area contributed by atoms with Crippen LogP contribution >= 0.6 is 15.9 Å².